The molecule has 1 amide bonds. The summed E-state index contributed by atoms with van der Waals surface area (Å²) in [6.07, 6.45) is -1.00. The quantitative estimate of drug-likeness (QED) is 0.691. The standard InChI is InChI=1S/C15H18FN3O4/c1-19(7-12(21)8-20)15(22)14-6-11(17-18-14)9-23-13-4-2-3-10(16)5-13/h2-6,12,20-21H,7-9H2,1H3,(H,17,18)/t12-/m0/s1. The highest BCUT2D eigenvalue weighted by Crippen LogP contribution is 2.14. The molecule has 3 N–H and O–H groups in total. The lowest BCUT2D eigenvalue weighted by Crippen LogP contribution is -2.36. The number of rotatable bonds is 7. The number of ether oxygens (including phenoxy) is 1. The van der Waals surface area contributed by atoms with E-state index in [4.69, 9.17) is 9.84 Å². The first-order chi connectivity index (χ1) is 11.0. The molecule has 1 aromatic heterocycles. The minimum Gasteiger partial charge on any atom is -0.487 e. The molecule has 0 saturated carbocycles. The van der Waals surface area contributed by atoms with Gasteiger partial charge in [0.05, 0.1) is 18.4 Å². The van der Waals surface area contributed by atoms with Crippen molar-refractivity contribution in [3.8, 4) is 5.75 Å². The van der Waals surface area contributed by atoms with Crippen LogP contribution < -0.4 is 4.74 Å². The summed E-state index contributed by atoms with van der Waals surface area (Å²) in [5.41, 5.74) is 0.712. The Balaban J connectivity index is 1.93. The largest absolute Gasteiger partial charge is 0.487 e. The van der Waals surface area contributed by atoms with Gasteiger partial charge in [0.1, 0.15) is 18.2 Å². The van der Waals surface area contributed by atoms with Crippen LogP contribution in [0.2, 0.25) is 0 Å². The number of aromatic nitrogens is 2. The molecule has 0 bridgehead atoms. The number of aliphatic hydroxyl groups excluding tert-OH is 2. The fraction of sp³-hybridized carbons (Fsp3) is 0.333. The van der Waals surface area contributed by atoms with Crippen LogP contribution in [0.1, 0.15) is 16.2 Å². The zero-order valence-corrected chi connectivity index (χ0v) is 12.6. The third-order valence-corrected chi connectivity index (χ3v) is 3.08. The molecule has 0 saturated heterocycles. The van der Waals surface area contributed by atoms with Crippen LogP contribution in [0.5, 0.6) is 5.75 Å². The van der Waals surface area contributed by atoms with E-state index in [0.29, 0.717) is 11.4 Å². The number of carbonyl (C=O) groups is 1. The third-order valence-electron chi connectivity index (χ3n) is 3.08. The molecular formula is C15H18FN3O4. The van der Waals surface area contributed by atoms with Gasteiger partial charge < -0.3 is 19.8 Å². The number of benzene rings is 1. The maximum Gasteiger partial charge on any atom is 0.274 e. The normalized spacial score (nSPS) is 12.0. The summed E-state index contributed by atoms with van der Waals surface area (Å²) >= 11 is 0. The van der Waals surface area contributed by atoms with Gasteiger partial charge in [0.15, 0.2) is 5.69 Å². The number of amides is 1. The summed E-state index contributed by atoms with van der Waals surface area (Å²) in [5.74, 6) is -0.423. The lowest BCUT2D eigenvalue weighted by molar-refractivity contribution is 0.0516. The van der Waals surface area contributed by atoms with Crippen molar-refractivity contribution in [3.63, 3.8) is 0 Å². The van der Waals surface area contributed by atoms with Crippen LogP contribution in [-0.4, -0.2) is 57.5 Å². The number of H-pyrrole nitrogens is 1. The van der Waals surface area contributed by atoms with E-state index in [1.165, 1.54) is 36.2 Å². The van der Waals surface area contributed by atoms with Crippen molar-refractivity contribution in [1.82, 2.24) is 15.1 Å². The number of nitrogens with one attached hydrogen (secondary N) is 1. The molecule has 1 atom stereocenters. The third kappa shape index (κ3) is 4.76. The molecule has 7 nitrogen and oxygen atoms in total. The van der Waals surface area contributed by atoms with E-state index in [0.717, 1.165) is 0 Å². The second-order valence-electron chi connectivity index (χ2n) is 5.05. The average molecular weight is 323 g/mol. The van der Waals surface area contributed by atoms with Gasteiger partial charge in [-0.2, -0.15) is 5.10 Å². The minimum atomic E-state index is -1.00. The summed E-state index contributed by atoms with van der Waals surface area (Å²) in [6, 6.07) is 7.25. The highest BCUT2D eigenvalue weighted by molar-refractivity contribution is 5.92. The summed E-state index contributed by atoms with van der Waals surface area (Å²) < 4.78 is 18.4. The fourth-order valence-electron chi connectivity index (χ4n) is 1.92. The number of halogens is 1. The van der Waals surface area contributed by atoms with Gasteiger partial charge in [-0.05, 0) is 18.2 Å². The van der Waals surface area contributed by atoms with Gasteiger partial charge >= 0.3 is 0 Å². The van der Waals surface area contributed by atoms with Gasteiger partial charge in [-0.25, -0.2) is 4.39 Å². The Labute approximate surface area is 132 Å². The van der Waals surface area contributed by atoms with E-state index in [-0.39, 0.29) is 18.8 Å². The molecule has 0 radical (unpaired) electrons. The van der Waals surface area contributed by atoms with Crippen LogP contribution >= 0.6 is 0 Å². The number of nitrogens with zero attached hydrogens (tertiary/aromatic N) is 2. The van der Waals surface area contributed by atoms with Crippen molar-refractivity contribution in [2.24, 2.45) is 0 Å². The van der Waals surface area contributed by atoms with Crippen molar-refractivity contribution in [1.29, 1.82) is 0 Å². The van der Waals surface area contributed by atoms with Crippen LogP contribution in [0.25, 0.3) is 0 Å². The molecule has 1 heterocycles. The van der Waals surface area contributed by atoms with E-state index in [1.54, 1.807) is 6.07 Å². The number of hydrogen-bond donors (Lipinski definition) is 3. The van der Waals surface area contributed by atoms with E-state index >= 15 is 0 Å². The molecule has 2 rings (SSSR count). The zero-order valence-electron chi connectivity index (χ0n) is 12.6. The van der Waals surface area contributed by atoms with Crippen LogP contribution in [0, 0.1) is 5.82 Å². The van der Waals surface area contributed by atoms with E-state index in [1.807, 2.05) is 0 Å². The van der Waals surface area contributed by atoms with Crippen molar-refractivity contribution < 1.29 is 24.1 Å². The Morgan fingerprint density at radius 3 is 2.96 bits per heavy atom. The van der Waals surface area contributed by atoms with Crippen molar-refractivity contribution in [2.45, 2.75) is 12.7 Å². The number of aliphatic hydroxyl groups is 2. The Kier molecular flexibility index (Phi) is 5.67. The van der Waals surface area contributed by atoms with Gasteiger partial charge in [-0.3, -0.25) is 9.89 Å². The molecule has 0 aliphatic carbocycles. The van der Waals surface area contributed by atoms with Gasteiger partial charge in [-0.1, -0.05) is 6.07 Å². The second-order valence-corrected chi connectivity index (χ2v) is 5.05. The lowest BCUT2D eigenvalue weighted by atomic mass is 10.3. The van der Waals surface area contributed by atoms with Gasteiger partial charge in [0, 0.05) is 19.7 Å². The first-order valence-corrected chi connectivity index (χ1v) is 6.96. The molecule has 2 aromatic rings. The van der Waals surface area contributed by atoms with Gasteiger partial charge in [0.2, 0.25) is 0 Å². The summed E-state index contributed by atoms with van der Waals surface area (Å²) in [4.78, 5) is 13.3. The monoisotopic (exact) mass is 323 g/mol. The minimum absolute atomic E-state index is 0.00266. The maximum atomic E-state index is 13.0. The Hall–Kier alpha value is -2.45. The molecule has 0 aliphatic rings. The highest BCUT2D eigenvalue weighted by Gasteiger charge is 2.18. The molecule has 0 unspecified atom stereocenters. The summed E-state index contributed by atoms with van der Waals surface area (Å²) in [6.45, 7) is -0.324. The Morgan fingerprint density at radius 2 is 2.26 bits per heavy atom. The maximum absolute atomic E-state index is 13.0. The molecule has 0 spiro atoms. The average Bonchev–Trinajstić information content (AvgIpc) is 3.01. The number of carbonyl (C=O) groups excluding carboxylic acids is 1. The predicted octanol–water partition coefficient (Wildman–Crippen LogP) is 0.553. The van der Waals surface area contributed by atoms with Gasteiger partial charge in [-0.15, -0.1) is 0 Å². The zero-order chi connectivity index (χ0) is 16.8. The number of likely N-dealkylation sites (N-methyl/N-ethyl adjacent to an activating group) is 1. The molecular weight excluding hydrogens is 305 g/mol. The van der Waals surface area contributed by atoms with E-state index in [9.17, 15) is 14.3 Å². The SMILES string of the molecule is CN(C[C@H](O)CO)C(=O)c1cc(COc2cccc(F)c2)[nH]n1. The molecule has 0 aliphatic heterocycles. The molecule has 124 valence electrons. The van der Waals surface area contributed by atoms with Crippen molar-refractivity contribution in [2.75, 3.05) is 20.2 Å². The molecule has 1 aromatic carbocycles. The predicted molar refractivity (Wildman–Crippen MR) is 79.4 cm³/mol. The molecule has 0 fully saturated rings. The van der Waals surface area contributed by atoms with Crippen LogP contribution in [-0.2, 0) is 6.61 Å². The summed E-state index contributed by atoms with van der Waals surface area (Å²) in [5, 5.41) is 24.7. The van der Waals surface area contributed by atoms with Crippen LogP contribution in [0.4, 0.5) is 4.39 Å². The first-order valence-electron chi connectivity index (χ1n) is 6.96. The van der Waals surface area contributed by atoms with E-state index < -0.39 is 24.4 Å². The van der Waals surface area contributed by atoms with Gasteiger partial charge in [0.25, 0.3) is 5.91 Å². The first kappa shape index (κ1) is 16.9. The second kappa shape index (κ2) is 7.70. The molecule has 23 heavy (non-hydrogen) atoms. The van der Waals surface area contributed by atoms with Crippen LogP contribution in [0.15, 0.2) is 30.3 Å². The Morgan fingerprint density at radius 1 is 1.48 bits per heavy atom. The lowest BCUT2D eigenvalue weighted by Gasteiger charge is -2.18. The van der Waals surface area contributed by atoms with E-state index in [2.05, 4.69) is 10.2 Å². The number of aromatic amines is 1. The van der Waals surface area contributed by atoms with Crippen molar-refractivity contribution >= 4 is 5.91 Å². The van der Waals surface area contributed by atoms with Crippen LogP contribution in [0.3, 0.4) is 0 Å². The van der Waals surface area contributed by atoms with Crippen molar-refractivity contribution in [3.05, 3.63) is 47.5 Å². The smallest absolute Gasteiger partial charge is 0.274 e. The Bertz CT molecular complexity index is 662. The highest BCUT2D eigenvalue weighted by atomic mass is 19.1. The number of hydrogen-bond acceptors (Lipinski definition) is 5. The fourth-order valence-corrected chi connectivity index (χ4v) is 1.92. The summed E-state index contributed by atoms with van der Waals surface area (Å²) in [7, 11) is 1.50. The molecule has 8 heteroatoms. The topological polar surface area (TPSA) is 98.7 Å².